The van der Waals surface area contributed by atoms with Crippen LogP contribution < -0.4 is 5.73 Å². The molecule has 0 radical (unpaired) electrons. The van der Waals surface area contributed by atoms with E-state index < -0.39 is 0 Å². The maximum atomic E-state index is 5.78. The van der Waals surface area contributed by atoms with Crippen LogP contribution in [0.3, 0.4) is 0 Å². The van der Waals surface area contributed by atoms with Crippen molar-refractivity contribution in [1.29, 1.82) is 0 Å². The Morgan fingerprint density at radius 1 is 1.40 bits per heavy atom. The Balaban J connectivity index is 1.98. The Hall–Kier alpha value is -0.820. The molecule has 0 bridgehead atoms. The highest BCUT2D eigenvalue weighted by atomic mass is 14.6. The summed E-state index contributed by atoms with van der Waals surface area (Å²) in [4.78, 5) is 0. The van der Waals surface area contributed by atoms with Crippen LogP contribution in [0.2, 0.25) is 0 Å². The van der Waals surface area contributed by atoms with Crippen LogP contribution in [0.5, 0.6) is 0 Å². The molecule has 0 amide bonds. The zero-order valence-corrected chi connectivity index (χ0v) is 9.58. The Labute approximate surface area is 92.7 Å². The van der Waals surface area contributed by atoms with Gasteiger partial charge in [-0.3, -0.25) is 0 Å². The largest absolute Gasteiger partial charge is 0.328 e. The maximum absolute atomic E-state index is 5.78. The second-order valence-corrected chi connectivity index (χ2v) is 4.89. The first-order chi connectivity index (χ1) is 7.25. The second kappa shape index (κ2) is 4.80. The molecule has 1 nitrogen and oxygen atoms in total. The summed E-state index contributed by atoms with van der Waals surface area (Å²) in [6, 6.07) is 9.40. The van der Waals surface area contributed by atoms with E-state index in [9.17, 15) is 0 Å². The van der Waals surface area contributed by atoms with Gasteiger partial charge in [-0.15, -0.1) is 0 Å². The molecule has 1 aliphatic rings. The van der Waals surface area contributed by atoms with E-state index in [1.54, 1.807) is 5.56 Å². The fourth-order valence-corrected chi connectivity index (χ4v) is 2.14. The Kier molecular flexibility index (Phi) is 3.42. The zero-order chi connectivity index (χ0) is 10.7. The number of aryl methyl sites for hydroxylation is 1. The minimum absolute atomic E-state index is 0.317. The lowest BCUT2D eigenvalue weighted by atomic mass is 9.79. The van der Waals surface area contributed by atoms with Crippen LogP contribution >= 0.6 is 0 Å². The summed E-state index contributed by atoms with van der Waals surface area (Å²) in [5, 5.41) is 0. The highest BCUT2D eigenvalue weighted by Crippen LogP contribution is 2.36. The van der Waals surface area contributed by atoms with Gasteiger partial charge in [0.05, 0.1) is 0 Å². The number of hydrogen-bond donors (Lipinski definition) is 1. The monoisotopic (exact) mass is 203 g/mol. The van der Waals surface area contributed by atoms with Crippen molar-refractivity contribution in [2.75, 3.05) is 0 Å². The molecule has 2 rings (SSSR count). The molecule has 1 atom stereocenters. The topological polar surface area (TPSA) is 26.0 Å². The summed E-state index contributed by atoms with van der Waals surface area (Å²) in [6.45, 7) is 2.08. The van der Waals surface area contributed by atoms with Crippen LogP contribution in [-0.2, 0) is 6.42 Å². The first kappa shape index (κ1) is 10.7. The van der Waals surface area contributed by atoms with Gasteiger partial charge >= 0.3 is 0 Å². The van der Waals surface area contributed by atoms with Crippen molar-refractivity contribution in [3.05, 3.63) is 35.4 Å². The summed E-state index contributed by atoms with van der Waals surface area (Å²) >= 11 is 0. The second-order valence-electron chi connectivity index (χ2n) is 4.89. The fraction of sp³-hybridized carbons (Fsp3) is 0.571. The quantitative estimate of drug-likeness (QED) is 0.798. The molecule has 15 heavy (non-hydrogen) atoms. The summed E-state index contributed by atoms with van der Waals surface area (Å²) < 4.78 is 0. The Bertz CT molecular complexity index is 313. The van der Waals surface area contributed by atoms with Gasteiger partial charge in [-0.2, -0.15) is 0 Å². The summed E-state index contributed by atoms with van der Waals surface area (Å²) in [7, 11) is 0. The molecule has 1 fully saturated rings. The van der Waals surface area contributed by atoms with Crippen molar-refractivity contribution in [2.45, 2.75) is 51.0 Å². The summed E-state index contributed by atoms with van der Waals surface area (Å²) in [5.74, 6) is 0.847. The van der Waals surface area contributed by atoms with Gasteiger partial charge in [-0.25, -0.2) is 0 Å². The van der Waals surface area contributed by atoms with Crippen molar-refractivity contribution in [1.82, 2.24) is 0 Å². The number of hydrogen-bond acceptors (Lipinski definition) is 1. The van der Waals surface area contributed by atoms with E-state index in [0.29, 0.717) is 6.04 Å². The molecule has 2 N–H and O–H groups in total. The standard InChI is InChI=1S/C14H21N/c1-11(15)8-9-12-4-2-7-14(10-12)13-5-3-6-13/h2,4,7,10-11,13H,3,5-6,8-9,15H2,1H3. The van der Waals surface area contributed by atoms with Crippen LogP contribution in [0.4, 0.5) is 0 Å². The molecule has 1 aromatic rings. The first-order valence-electron chi connectivity index (χ1n) is 6.10. The molecule has 0 saturated heterocycles. The Morgan fingerprint density at radius 2 is 2.20 bits per heavy atom. The predicted octanol–water partition coefficient (Wildman–Crippen LogP) is 3.23. The van der Waals surface area contributed by atoms with Gasteiger partial charge in [0, 0.05) is 6.04 Å². The summed E-state index contributed by atoms with van der Waals surface area (Å²) in [6.07, 6.45) is 6.40. The lowest BCUT2D eigenvalue weighted by Crippen LogP contribution is -2.15. The minimum Gasteiger partial charge on any atom is -0.328 e. The molecule has 1 aromatic carbocycles. The normalized spacial score (nSPS) is 18.5. The SMILES string of the molecule is CC(N)CCc1cccc(C2CCC2)c1. The third kappa shape index (κ3) is 2.82. The first-order valence-corrected chi connectivity index (χ1v) is 6.10. The number of nitrogens with two attached hydrogens (primary N) is 1. The predicted molar refractivity (Wildman–Crippen MR) is 65.0 cm³/mol. The van der Waals surface area contributed by atoms with Crippen LogP contribution in [0.15, 0.2) is 24.3 Å². The average molecular weight is 203 g/mol. The molecule has 0 heterocycles. The molecule has 82 valence electrons. The smallest absolute Gasteiger partial charge is 0.00136 e. The van der Waals surface area contributed by atoms with Gasteiger partial charge in [-0.1, -0.05) is 30.7 Å². The molecule has 0 spiro atoms. The molecule has 1 aliphatic carbocycles. The van der Waals surface area contributed by atoms with Crippen LogP contribution in [-0.4, -0.2) is 6.04 Å². The average Bonchev–Trinajstić information content (AvgIpc) is 2.13. The highest BCUT2D eigenvalue weighted by molar-refractivity contribution is 5.27. The van der Waals surface area contributed by atoms with Crippen molar-refractivity contribution >= 4 is 0 Å². The van der Waals surface area contributed by atoms with E-state index in [0.717, 1.165) is 18.8 Å². The van der Waals surface area contributed by atoms with Gasteiger partial charge in [0.15, 0.2) is 0 Å². The van der Waals surface area contributed by atoms with Gasteiger partial charge in [0.1, 0.15) is 0 Å². The number of benzene rings is 1. The molecule has 0 aromatic heterocycles. The highest BCUT2D eigenvalue weighted by Gasteiger charge is 2.19. The summed E-state index contributed by atoms with van der Waals surface area (Å²) in [5.41, 5.74) is 8.78. The van der Waals surface area contributed by atoms with Crippen molar-refractivity contribution < 1.29 is 0 Å². The van der Waals surface area contributed by atoms with Crippen LogP contribution in [0.1, 0.15) is 49.7 Å². The Morgan fingerprint density at radius 3 is 2.80 bits per heavy atom. The van der Waals surface area contributed by atoms with Crippen LogP contribution in [0.25, 0.3) is 0 Å². The van der Waals surface area contributed by atoms with E-state index in [4.69, 9.17) is 5.73 Å². The molecular formula is C14H21N. The van der Waals surface area contributed by atoms with Crippen molar-refractivity contribution in [3.63, 3.8) is 0 Å². The van der Waals surface area contributed by atoms with E-state index >= 15 is 0 Å². The van der Waals surface area contributed by atoms with E-state index in [1.807, 2.05) is 0 Å². The van der Waals surface area contributed by atoms with E-state index in [1.165, 1.54) is 24.8 Å². The molecule has 1 heteroatoms. The minimum atomic E-state index is 0.317. The van der Waals surface area contributed by atoms with Crippen molar-refractivity contribution in [2.24, 2.45) is 5.73 Å². The molecule has 1 saturated carbocycles. The fourth-order valence-electron chi connectivity index (χ4n) is 2.14. The lowest BCUT2D eigenvalue weighted by molar-refractivity contribution is 0.419. The third-order valence-corrected chi connectivity index (χ3v) is 3.42. The van der Waals surface area contributed by atoms with Crippen molar-refractivity contribution in [3.8, 4) is 0 Å². The third-order valence-electron chi connectivity index (χ3n) is 3.42. The van der Waals surface area contributed by atoms with Gasteiger partial charge in [-0.05, 0) is 49.7 Å². The molecule has 1 unspecified atom stereocenters. The lowest BCUT2D eigenvalue weighted by Gasteiger charge is -2.26. The zero-order valence-electron chi connectivity index (χ0n) is 9.58. The van der Waals surface area contributed by atoms with E-state index in [-0.39, 0.29) is 0 Å². The molecular weight excluding hydrogens is 182 g/mol. The maximum Gasteiger partial charge on any atom is 0.00136 e. The molecule has 0 aliphatic heterocycles. The number of rotatable bonds is 4. The van der Waals surface area contributed by atoms with Crippen LogP contribution in [0, 0.1) is 0 Å². The van der Waals surface area contributed by atoms with Gasteiger partial charge in [0.2, 0.25) is 0 Å². The van der Waals surface area contributed by atoms with Gasteiger partial charge < -0.3 is 5.73 Å². The van der Waals surface area contributed by atoms with E-state index in [2.05, 4.69) is 31.2 Å². The van der Waals surface area contributed by atoms with Gasteiger partial charge in [0.25, 0.3) is 0 Å².